The van der Waals surface area contributed by atoms with Crippen LogP contribution in [0.2, 0.25) is 0 Å². The number of aryl methyl sites for hydroxylation is 1. The summed E-state index contributed by atoms with van der Waals surface area (Å²) >= 11 is 2.22. The van der Waals surface area contributed by atoms with Crippen LogP contribution in [-0.4, -0.2) is 22.4 Å². The highest BCUT2D eigenvalue weighted by Gasteiger charge is 2.08. The quantitative estimate of drug-likeness (QED) is 0.345. The Morgan fingerprint density at radius 3 is 2.33 bits per heavy atom. The van der Waals surface area contributed by atoms with E-state index in [-0.39, 0.29) is 5.78 Å². The van der Waals surface area contributed by atoms with Crippen LogP contribution in [0.3, 0.4) is 0 Å². The molecule has 0 aliphatic rings. The molecule has 0 atom stereocenters. The summed E-state index contributed by atoms with van der Waals surface area (Å²) in [4.78, 5) is 19.5. The number of ether oxygens (including phenoxy) is 1. The summed E-state index contributed by atoms with van der Waals surface area (Å²) in [6.07, 6.45) is 5.32. The predicted molar refractivity (Wildman–Crippen MR) is 101 cm³/mol. The van der Waals surface area contributed by atoms with Gasteiger partial charge in [-0.15, -0.1) is 0 Å². The summed E-state index contributed by atoms with van der Waals surface area (Å²) in [6.45, 7) is 0.628. The molecule has 0 amide bonds. The van der Waals surface area contributed by atoms with Crippen molar-refractivity contribution < 1.29 is 9.53 Å². The zero-order chi connectivity index (χ0) is 16.8. The maximum absolute atomic E-state index is 12.4. The van der Waals surface area contributed by atoms with E-state index in [2.05, 4.69) is 32.6 Å². The number of aromatic amines is 1. The van der Waals surface area contributed by atoms with E-state index in [9.17, 15) is 4.79 Å². The summed E-state index contributed by atoms with van der Waals surface area (Å²) in [7, 11) is 0. The van der Waals surface area contributed by atoms with Gasteiger partial charge in [-0.1, -0.05) is 0 Å². The van der Waals surface area contributed by atoms with Gasteiger partial charge in [0.1, 0.15) is 5.75 Å². The Morgan fingerprint density at radius 2 is 1.71 bits per heavy atom. The van der Waals surface area contributed by atoms with Crippen LogP contribution >= 0.6 is 22.6 Å². The largest absolute Gasteiger partial charge is 0.494 e. The topological polar surface area (TPSA) is 55.0 Å². The fourth-order valence-electron chi connectivity index (χ4n) is 2.34. The van der Waals surface area contributed by atoms with E-state index < -0.39 is 0 Å². The molecule has 0 spiro atoms. The first-order valence-corrected chi connectivity index (χ1v) is 8.80. The number of H-pyrrole nitrogens is 1. The molecule has 5 heteroatoms. The molecule has 3 aromatic rings. The summed E-state index contributed by atoms with van der Waals surface area (Å²) in [5, 5.41) is 0. The maximum Gasteiger partial charge on any atom is 0.193 e. The zero-order valence-electron chi connectivity index (χ0n) is 13.0. The van der Waals surface area contributed by atoms with Crippen LogP contribution in [0.15, 0.2) is 61.1 Å². The number of benzene rings is 2. The number of imidazole rings is 1. The van der Waals surface area contributed by atoms with Crippen molar-refractivity contribution >= 4 is 28.4 Å². The Labute approximate surface area is 154 Å². The first-order valence-electron chi connectivity index (χ1n) is 7.73. The van der Waals surface area contributed by atoms with Crippen LogP contribution in [-0.2, 0) is 6.42 Å². The van der Waals surface area contributed by atoms with E-state index in [1.54, 1.807) is 6.33 Å². The minimum absolute atomic E-state index is 0.0252. The molecule has 2 aromatic carbocycles. The third-order valence-electron chi connectivity index (χ3n) is 3.64. The molecular formula is C19H17IN2O2. The smallest absolute Gasteiger partial charge is 0.193 e. The van der Waals surface area contributed by atoms with Crippen LogP contribution in [0.5, 0.6) is 5.75 Å². The van der Waals surface area contributed by atoms with Crippen LogP contribution in [0.4, 0.5) is 0 Å². The molecule has 0 aliphatic carbocycles. The first-order chi connectivity index (χ1) is 11.7. The van der Waals surface area contributed by atoms with Gasteiger partial charge in [0.15, 0.2) is 5.78 Å². The van der Waals surface area contributed by atoms with Gasteiger partial charge in [-0.3, -0.25) is 4.79 Å². The number of rotatable bonds is 7. The number of carbonyl (C=O) groups excluding carboxylic acids is 1. The van der Waals surface area contributed by atoms with Crippen molar-refractivity contribution in [1.82, 2.24) is 9.97 Å². The molecule has 0 radical (unpaired) electrons. The normalized spacial score (nSPS) is 10.5. The third kappa shape index (κ3) is 4.44. The van der Waals surface area contributed by atoms with Crippen LogP contribution in [0.1, 0.15) is 28.0 Å². The fourth-order valence-corrected chi connectivity index (χ4v) is 2.70. The average molecular weight is 432 g/mol. The van der Waals surface area contributed by atoms with Crippen molar-refractivity contribution in [1.29, 1.82) is 0 Å². The van der Waals surface area contributed by atoms with Crippen molar-refractivity contribution in [3.05, 3.63) is 81.4 Å². The second-order valence-corrected chi connectivity index (χ2v) is 6.63. The maximum atomic E-state index is 12.4. The van der Waals surface area contributed by atoms with Gasteiger partial charge in [0.2, 0.25) is 0 Å². The van der Waals surface area contributed by atoms with Crippen molar-refractivity contribution in [2.75, 3.05) is 6.61 Å². The molecule has 4 nitrogen and oxygen atoms in total. The Balaban J connectivity index is 1.53. The molecule has 3 rings (SSSR count). The standard InChI is InChI=1S/C19H17IN2O2/c20-16-7-3-14(4-8-16)19(23)15-5-9-18(10-6-15)24-11-1-2-17-12-21-13-22-17/h3-10,12-13H,1-2,11H2,(H,21,22). The monoisotopic (exact) mass is 432 g/mol. The molecule has 0 saturated heterocycles. The molecule has 24 heavy (non-hydrogen) atoms. The average Bonchev–Trinajstić information content (AvgIpc) is 3.13. The Kier molecular flexibility index (Phi) is 5.63. The highest BCUT2D eigenvalue weighted by atomic mass is 127. The lowest BCUT2D eigenvalue weighted by molar-refractivity contribution is 0.103. The summed E-state index contributed by atoms with van der Waals surface area (Å²) in [6, 6.07) is 14.9. The first kappa shape index (κ1) is 16.7. The molecule has 0 aliphatic heterocycles. The highest BCUT2D eigenvalue weighted by molar-refractivity contribution is 14.1. The minimum Gasteiger partial charge on any atom is -0.494 e. The Hall–Kier alpha value is -2.15. The molecule has 0 fully saturated rings. The second kappa shape index (κ2) is 8.10. The number of nitrogens with zero attached hydrogens (tertiary/aromatic N) is 1. The summed E-state index contributed by atoms with van der Waals surface area (Å²) in [5.41, 5.74) is 2.47. The van der Waals surface area contributed by atoms with E-state index in [0.717, 1.165) is 27.9 Å². The molecule has 1 heterocycles. The number of aromatic nitrogens is 2. The van der Waals surface area contributed by atoms with Crippen LogP contribution in [0, 0.1) is 3.57 Å². The molecule has 1 aromatic heterocycles. The van der Waals surface area contributed by atoms with Crippen molar-refractivity contribution in [2.24, 2.45) is 0 Å². The van der Waals surface area contributed by atoms with E-state index in [0.29, 0.717) is 17.7 Å². The molecule has 0 bridgehead atoms. The molecular weight excluding hydrogens is 415 g/mol. The molecule has 0 saturated carbocycles. The Bertz CT molecular complexity index is 781. The van der Waals surface area contributed by atoms with Gasteiger partial charge >= 0.3 is 0 Å². The minimum atomic E-state index is 0.0252. The molecule has 122 valence electrons. The number of hydrogen-bond acceptors (Lipinski definition) is 3. The fraction of sp³-hybridized carbons (Fsp3) is 0.158. The van der Waals surface area contributed by atoms with Crippen molar-refractivity contribution in [3.63, 3.8) is 0 Å². The molecule has 0 unspecified atom stereocenters. The zero-order valence-corrected chi connectivity index (χ0v) is 15.2. The molecule has 1 N–H and O–H groups in total. The van der Waals surface area contributed by atoms with Gasteiger partial charge in [0.25, 0.3) is 0 Å². The SMILES string of the molecule is O=C(c1ccc(I)cc1)c1ccc(OCCCc2cnc[nH]2)cc1. The lowest BCUT2D eigenvalue weighted by Crippen LogP contribution is -2.02. The van der Waals surface area contributed by atoms with E-state index in [1.165, 1.54) is 0 Å². The highest BCUT2D eigenvalue weighted by Crippen LogP contribution is 2.17. The van der Waals surface area contributed by atoms with Crippen molar-refractivity contribution in [2.45, 2.75) is 12.8 Å². The summed E-state index contributed by atoms with van der Waals surface area (Å²) < 4.78 is 6.83. The van der Waals surface area contributed by atoms with Gasteiger partial charge in [0.05, 0.1) is 12.9 Å². The number of carbonyl (C=O) groups is 1. The number of ketones is 1. The lowest BCUT2D eigenvalue weighted by Gasteiger charge is -2.07. The number of hydrogen-bond donors (Lipinski definition) is 1. The van der Waals surface area contributed by atoms with E-state index in [1.807, 2.05) is 54.7 Å². The van der Waals surface area contributed by atoms with Gasteiger partial charge in [-0.05, 0) is 84.0 Å². The van der Waals surface area contributed by atoms with Gasteiger partial charge in [-0.25, -0.2) is 4.98 Å². The summed E-state index contributed by atoms with van der Waals surface area (Å²) in [5.74, 6) is 0.802. The Morgan fingerprint density at radius 1 is 1.04 bits per heavy atom. The van der Waals surface area contributed by atoms with Crippen LogP contribution < -0.4 is 4.74 Å². The number of nitrogens with one attached hydrogen (secondary N) is 1. The van der Waals surface area contributed by atoms with Gasteiger partial charge in [-0.2, -0.15) is 0 Å². The van der Waals surface area contributed by atoms with Gasteiger partial charge < -0.3 is 9.72 Å². The van der Waals surface area contributed by atoms with E-state index >= 15 is 0 Å². The van der Waals surface area contributed by atoms with E-state index in [4.69, 9.17) is 4.74 Å². The predicted octanol–water partition coefficient (Wildman–Crippen LogP) is 4.26. The lowest BCUT2D eigenvalue weighted by atomic mass is 10.0. The third-order valence-corrected chi connectivity index (χ3v) is 4.36. The number of halogens is 1. The van der Waals surface area contributed by atoms with Gasteiger partial charge in [0, 0.05) is 26.6 Å². The second-order valence-electron chi connectivity index (χ2n) is 5.39. The van der Waals surface area contributed by atoms with Crippen LogP contribution in [0.25, 0.3) is 0 Å². The van der Waals surface area contributed by atoms with Crippen molar-refractivity contribution in [3.8, 4) is 5.75 Å².